The zero-order valence-electron chi connectivity index (χ0n) is 22.7. The molecule has 1 saturated carbocycles. The third-order valence-corrected chi connectivity index (χ3v) is 9.42. The molecule has 2 aromatic heterocycles. The van der Waals surface area contributed by atoms with Crippen molar-refractivity contribution in [2.45, 2.75) is 57.3 Å². The van der Waals surface area contributed by atoms with Gasteiger partial charge in [-0.2, -0.15) is 13.2 Å². The van der Waals surface area contributed by atoms with E-state index in [1.807, 2.05) is 50.4 Å². The lowest BCUT2D eigenvalue weighted by molar-refractivity contribution is -0.144. The van der Waals surface area contributed by atoms with Crippen LogP contribution in [0.1, 0.15) is 53.1 Å². The number of fused-ring (bicyclic) bond motifs is 2. The van der Waals surface area contributed by atoms with Gasteiger partial charge >= 0.3 is 6.18 Å². The van der Waals surface area contributed by atoms with Crippen molar-refractivity contribution in [1.82, 2.24) is 19.8 Å². The molecule has 2 N–H and O–H groups in total. The third-order valence-electron chi connectivity index (χ3n) is 8.61. The minimum absolute atomic E-state index is 0.0983. The highest BCUT2D eigenvalue weighted by molar-refractivity contribution is 7.98. The second-order valence-corrected chi connectivity index (χ2v) is 12.0. The first kappa shape index (κ1) is 27.8. The molecular weight excluding hydrogens is 525 g/mol. The second-order valence-electron chi connectivity index (χ2n) is 11.2. The summed E-state index contributed by atoms with van der Waals surface area (Å²) in [7, 11) is 0. The lowest BCUT2D eigenvalue weighted by atomic mass is 9.97. The van der Waals surface area contributed by atoms with Gasteiger partial charge in [-0.05, 0) is 69.8 Å². The van der Waals surface area contributed by atoms with Gasteiger partial charge in [-0.15, -0.1) is 11.8 Å². The molecule has 2 aliphatic rings. The SMILES string of the molecule is CSc1cc(C)[nH]c(=O)c1CNC(=O)c1c(C)n(C(C)C2CC3CN(CC(F)(F)F)CC3C2)c2ccccc12. The third kappa shape index (κ3) is 5.50. The maximum atomic E-state index is 13.6. The van der Waals surface area contributed by atoms with Crippen LogP contribution in [-0.2, 0) is 6.54 Å². The van der Waals surface area contributed by atoms with Crippen molar-refractivity contribution in [3.8, 4) is 0 Å². The quantitative estimate of drug-likeness (QED) is 0.365. The Bertz CT molecular complexity index is 1430. The molecule has 1 aliphatic carbocycles. The summed E-state index contributed by atoms with van der Waals surface area (Å²) in [4.78, 5) is 31.3. The highest BCUT2D eigenvalue weighted by atomic mass is 32.2. The van der Waals surface area contributed by atoms with Crippen LogP contribution in [0.3, 0.4) is 0 Å². The summed E-state index contributed by atoms with van der Waals surface area (Å²) in [6, 6.07) is 9.85. The Morgan fingerprint density at radius 1 is 1.18 bits per heavy atom. The maximum absolute atomic E-state index is 13.6. The van der Waals surface area contributed by atoms with E-state index in [0.29, 0.717) is 30.1 Å². The fraction of sp³-hybridized carbons (Fsp3) is 0.517. The average Bonchev–Trinajstić information content (AvgIpc) is 3.50. The molecule has 3 heterocycles. The average molecular weight is 561 g/mol. The number of alkyl halides is 3. The summed E-state index contributed by atoms with van der Waals surface area (Å²) in [5, 5.41) is 3.84. The van der Waals surface area contributed by atoms with Gasteiger partial charge in [0.05, 0.1) is 12.1 Å². The zero-order valence-corrected chi connectivity index (χ0v) is 23.5. The number of thioether (sulfide) groups is 1. The van der Waals surface area contributed by atoms with Crippen LogP contribution in [0.25, 0.3) is 10.9 Å². The topological polar surface area (TPSA) is 70.1 Å². The number of amides is 1. The van der Waals surface area contributed by atoms with E-state index in [2.05, 4.69) is 21.8 Å². The number of hydrogen-bond donors (Lipinski definition) is 2. The largest absolute Gasteiger partial charge is 0.401 e. The Labute approximate surface area is 230 Å². The smallest absolute Gasteiger partial charge is 0.348 e. The first-order valence-corrected chi connectivity index (χ1v) is 14.6. The number of carbonyl (C=O) groups is 1. The maximum Gasteiger partial charge on any atom is 0.401 e. The van der Waals surface area contributed by atoms with Crippen molar-refractivity contribution in [3.63, 3.8) is 0 Å². The van der Waals surface area contributed by atoms with Crippen molar-refractivity contribution < 1.29 is 18.0 Å². The molecule has 0 bridgehead atoms. The van der Waals surface area contributed by atoms with Crippen LogP contribution in [0.2, 0.25) is 0 Å². The zero-order chi connectivity index (χ0) is 28.1. The van der Waals surface area contributed by atoms with Gasteiger partial charge in [0.15, 0.2) is 0 Å². The number of pyridine rings is 1. The van der Waals surface area contributed by atoms with E-state index in [1.54, 1.807) is 4.90 Å². The molecule has 39 heavy (non-hydrogen) atoms. The highest BCUT2D eigenvalue weighted by Crippen LogP contribution is 2.47. The van der Waals surface area contributed by atoms with Crippen LogP contribution >= 0.6 is 11.8 Å². The molecule has 1 aliphatic heterocycles. The molecular formula is C29H35F3N4O2S. The van der Waals surface area contributed by atoms with Crippen molar-refractivity contribution in [2.75, 3.05) is 25.9 Å². The number of benzene rings is 1. The van der Waals surface area contributed by atoms with Gasteiger partial charge in [0, 0.05) is 58.4 Å². The van der Waals surface area contributed by atoms with Crippen LogP contribution in [0.15, 0.2) is 40.0 Å². The fourth-order valence-electron chi connectivity index (χ4n) is 6.93. The number of aryl methyl sites for hydroxylation is 1. The van der Waals surface area contributed by atoms with Crippen LogP contribution in [0, 0.1) is 31.6 Å². The molecule has 6 nitrogen and oxygen atoms in total. The molecule has 0 spiro atoms. The number of nitrogens with zero attached hydrogens (tertiary/aromatic N) is 2. The normalized spacial score (nSPS) is 22.4. The van der Waals surface area contributed by atoms with E-state index in [-0.39, 0.29) is 35.9 Å². The van der Waals surface area contributed by atoms with Gasteiger partial charge in [-0.3, -0.25) is 14.5 Å². The summed E-state index contributed by atoms with van der Waals surface area (Å²) in [6.45, 7) is 6.26. The van der Waals surface area contributed by atoms with Gasteiger partial charge in [-0.1, -0.05) is 18.2 Å². The molecule has 3 unspecified atom stereocenters. The van der Waals surface area contributed by atoms with E-state index in [1.165, 1.54) is 11.8 Å². The number of rotatable bonds is 7. The summed E-state index contributed by atoms with van der Waals surface area (Å²) < 4.78 is 40.9. The van der Waals surface area contributed by atoms with Crippen LogP contribution in [-0.4, -0.2) is 52.4 Å². The number of nitrogens with one attached hydrogen (secondary N) is 2. The van der Waals surface area contributed by atoms with Crippen LogP contribution in [0.4, 0.5) is 13.2 Å². The second kappa shape index (κ2) is 10.7. The molecule has 5 rings (SSSR count). The lowest BCUT2D eigenvalue weighted by Gasteiger charge is -2.26. The summed E-state index contributed by atoms with van der Waals surface area (Å²) in [6.07, 6.45) is -0.472. The molecule has 0 radical (unpaired) electrons. The van der Waals surface area contributed by atoms with E-state index in [9.17, 15) is 22.8 Å². The first-order chi connectivity index (χ1) is 18.5. The first-order valence-electron chi connectivity index (χ1n) is 13.4. The predicted molar refractivity (Wildman–Crippen MR) is 148 cm³/mol. The van der Waals surface area contributed by atoms with Crippen molar-refractivity contribution >= 4 is 28.6 Å². The highest BCUT2D eigenvalue weighted by Gasteiger charge is 2.45. The molecule has 1 amide bonds. The number of halogens is 3. The predicted octanol–water partition coefficient (Wildman–Crippen LogP) is 5.68. The lowest BCUT2D eigenvalue weighted by Crippen LogP contribution is -2.33. The number of aromatic nitrogens is 2. The molecule has 210 valence electrons. The van der Waals surface area contributed by atoms with Crippen LogP contribution in [0.5, 0.6) is 0 Å². The monoisotopic (exact) mass is 560 g/mol. The molecule has 3 atom stereocenters. The molecule has 10 heteroatoms. The fourth-order valence-corrected chi connectivity index (χ4v) is 7.63. The van der Waals surface area contributed by atoms with Crippen LogP contribution < -0.4 is 10.9 Å². The van der Waals surface area contributed by atoms with Gasteiger partial charge in [0.2, 0.25) is 0 Å². The number of hydrogen-bond acceptors (Lipinski definition) is 4. The Balaban J connectivity index is 1.37. The Morgan fingerprint density at radius 2 is 1.85 bits per heavy atom. The number of H-pyrrole nitrogens is 1. The standard InChI is InChI=1S/C29H35F3N4O2S/c1-16-9-25(39-4)23(27(37)34-16)12-33-28(38)26-18(3)36(24-8-6-5-7-22(24)26)17(2)19-10-20-13-35(14-21(20)11-19)15-29(30,31)32/h5-9,17,19-21H,10-15H2,1-4H3,(H,33,38)(H,34,37). The van der Waals surface area contributed by atoms with Gasteiger partial charge in [0.1, 0.15) is 0 Å². The van der Waals surface area contributed by atoms with E-state index >= 15 is 0 Å². The van der Waals surface area contributed by atoms with E-state index in [4.69, 9.17) is 0 Å². The number of aromatic amines is 1. The molecule has 1 aromatic carbocycles. The molecule has 3 aromatic rings. The van der Waals surface area contributed by atoms with Crippen molar-refractivity contribution in [2.24, 2.45) is 17.8 Å². The van der Waals surface area contributed by atoms with Crippen molar-refractivity contribution in [1.29, 1.82) is 0 Å². The minimum atomic E-state index is -4.16. The summed E-state index contributed by atoms with van der Waals surface area (Å²) in [5.41, 5.74) is 3.54. The Morgan fingerprint density at radius 3 is 2.49 bits per heavy atom. The van der Waals surface area contributed by atoms with E-state index < -0.39 is 12.7 Å². The number of carbonyl (C=O) groups excluding carboxylic acids is 1. The van der Waals surface area contributed by atoms with Gasteiger partial charge in [0.25, 0.3) is 11.5 Å². The van der Waals surface area contributed by atoms with E-state index in [0.717, 1.165) is 40.0 Å². The summed E-state index contributed by atoms with van der Waals surface area (Å²) in [5.74, 6) is 0.660. The molecule has 1 saturated heterocycles. The Hall–Kier alpha value is -2.72. The minimum Gasteiger partial charge on any atom is -0.348 e. The number of para-hydroxylation sites is 1. The number of likely N-dealkylation sites (tertiary alicyclic amines) is 1. The van der Waals surface area contributed by atoms with Gasteiger partial charge < -0.3 is 14.9 Å². The van der Waals surface area contributed by atoms with Gasteiger partial charge in [-0.25, -0.2) is 0 Å². The Kier molecular flexibility index (Phi) is 7.63. The summed E-state index contributed by atoms with van der Waals surface area (Å²) >= 11 is 1.47. The molecule has 2 fully saturated rings. The van der Waals surface area contributed by atoms with Crippen molar-refractivity contribution in [3.05, 3.63) is 63.2 Å².